The summed E-state index contributed by atoms with van der Waals surface area (Å²) in [7, 11) is -3.80. The molecule has 22 heavy (non-hydrogen) atoms. The number of carbonyl (C=O) groups is 3. The lowest BCUT2D eigenvalue weighted by atomic mass is 10.2. The number of sulfonamides is 1. The molecule has 3 amide bonds. The summed E-state index contributed by atoms with van der Waals surface area (Å²) in [6.07, 6.45) is 0.221. The van der Waals surface area contributed by atoms with Crippen molar-refractivity contribution in [3.05, 3.63) is 24.3 Å². The van der Waals surface area contributed by atoms with Gasteiger partial charge in [0, 0.05) is 18.5 Å². The Morgan fingerprint density at radius 3 is 2.14 bits per heavy atom. The van der Waals surface area contributed by atoms with Crippen molar-refractivity contribution in [3.8, 4) is 0 Å². The van der Waals surface area contributed by atoms with E-state index < -0.39 is 22.0 Å². The topological polar surface area (TPSA) is 127 Å². The Morgan fingerprint density at radius 1 is 1.18 bits per heavy atom. The molecule has 0 bridgehead atoms. The number of hydrogen-bond donors (Lipinski definition) is 2. The van der Waals surface area contributed by atoms with Crippen LogP contribution >= 0.6 is 0 Å². The Hall–Kier alpha value is -2.26. The van der Waals surface area contributed by atoms with Gasteiger partial charge in [-0.2, -0.15) is 0 Å². The van der Waals surface area contributed by atoms with E-state index in [0.29, 0.717) is 5.69 Å². The molecular formula is C13H15N3O5S. The van der Waals surface area contributed by atoms with E-state index in [1.54, 1.807) is 0 Å². The zero-order valence-electron chi connectivity index (χ0n) is 11.8. The monoisotopic (exact) mass is 325 g/mol. The predicted octanol–water partition coefficient (Wildman–Crippen LogP) is -0.190. The number of primary sulfonamides is 1. The average molecular weight is 325 g/mol. The third-order valence-corrected chi connectivity index (χ3v) is 4.24. The van der Waals surface area contributed by atoms with Gasteiger partial charge >= 0.3 is 0 Å². The molecule has 1 aromatic carbocycles. The van der Waals surface area contributed by atoms with Crippen molar-refractivity contribution in [2.45, 2.75) is 30.7 Å². The molecule has 1 aromatic rings. The summed E-state index contributed by atoms with van der Waals surface area (Å²) in [5.41, 5.74) is 0.336. The van der Waals surface area contributed by atoms with Crippen LogP contribution in [0, 0.1) is 0 Å². The highest BCUT2D eigenvalue weighted by Gasteiger charge is 2.36. The molecule has 1 aliphatic heterocycles. The molecule has 0 saturated carbocycles. The Bertz CT molecular complexity index is 711. The van der Waals surface area contributed by atoms with Gasteiger partial charge in [0.25, 0.3) is 0 Å². The number of nitrogens with zero attached hydrogens (tertiary/aromatic N) is 1. The van der Waals surface area contributed by atoms with Crippen molar-refractivity contribution < 1.29 is 22.8 Å². The SMILES string of the molecule is CC(C(=O)Nc1ccc(S(N)(=O)=O)cc1)N1C(=O)CCC1=O. The molecule has 0 aromatic heterocycles. The summed E-state index contributed by atoms with van der Waals surface area (Å²) in [5, 5.41) is 7.49. The summed E-state index contributed by atoms with van der Waals surface area (Å²) in [4.78, 5) is 36.1. The first-order valence-corrected chi connectivity index (χ1v) is 8.03. The molecule has 0 aliphatic carbocycles. The number of carbonyl (C=O) groups excluding carboxylic acids is 3. The summed E-state index contributed by atoms with van der Waals surface area (Å²) in [5.74, 6) is -1.29. The Labute approximate surface area is 127 Å². The Morgan fingerprint density at radius 2 is 1.68 bits per heavy atom. The van der Waals surface area contributed by atoms with Crippen molar-refractivity contribution in [1.82, 2.24) is 4.90 Å². The van der Waals surface area contributed by atoms with Crippen LogP contribution in [0.25, 0.3) is 0 Å². The van der Waals surface area contributed by atoms with Gasteiger partial charge in [0.1, 0.15) is 6.04 Å². The number of nitrogens with one attached hydrogen (secondary N) is 1. The molecule has 1 fully saturated rings. The maximum Gasteiger partial charge on any atom is 0.247 e. The normalized spacial score (nSPS) is 16.7. The first-order chi connectivity index (χ1) is 10.2. The number of nitrogens with two attached hydrogens (primary N) is 1. The zero-order chi connectivity index (χ0) is 16.5. The number of imide groups is 1. The highest BCUT2D eigenvalue weighted by atomic mass is 32.2. The van der Waals surface area contributed by atoms with Crippen LogP contribution in [0.4, 0.5) is 5.69 Å². The lowest BCUT2D eigenvalue weighted by molar-refractivity contribution is -0.144. The van der Waals surface area contributed by atoms with E-state index in [2.05, 4.69) is 5.32 Å². The average Bonchev–Trinajstić information content (AvgIpc) is 2.77. The highest BCUT2D eigenvalue weighted by molar-refractivity contribution is 7.89. The summed E-state index contributed by atoms with van der Waals surface area (Å²) in [6.45, 7) is 1.45. The minimum absolute atomic E-state index is 0.0801. The van der Waals surface area contributed by atoms with Gasteiger partial charge in [0.15, 0.2) is 0 Å². The number of anilines is 1. The van der Waals surface area contributed by atoms with Crippen molar-refractivity contribution in [2.75, 3.05) is 5.32 Å². The minimum atomic E-state index is -3.80. The van der Waals surface area contributed by atoms with E-state index in [1.165, 1.54) is 31.2 Å². The fourth-order valence-electron chi connectivity index (χ4n) is 2.12. The fourth-order valence-corrected chi connectivity index (χ4v) is 2.63. The Balaban J connectivity index is 2.09. The van der Waals surface area contributed by atoms with Gasteiger partial charge in [-0.25, -0.2) is 13.6 Å². The molecule has 1 aliphatic rings. The molecule has 1 saturated heterocycles. The first-order valence-electron chi connectivity index (χ1n) is 6.49. The number of benzene rings is 1. The van der Waals surface area contributed by atoms with Gasteiger partial charge in [-0.15, -0.1) is 0 Å². The summed E-state index contributed by atoms with van der Waals surface area (Å²) < 4.78 is 22.3. The van der Waals surface area contributed by atoms with Crippen molar-refractivity contribution >= 4 is 33.4 Å². The van der Waals surface area contributed by atoms with Gasteiger partial charge < -0.3 is 5.32 Å². The van der Waals surface area contributed by atoms with Gasteiger partial charge in [-0.05, 0) is 31.2 Å². The maximum absolute atomic E-state index is 12.1. The second kappa shape index (κ2) is 5.85. The maximum atomic E-state index is 12.1. The van der Waals surface area contributed by atoms with Crippen LogP contribution < -0.4 is 10.5 Å². The third-order valence-electron chi connectivity index (χ3n) is 3.31. The van der Waals surface area contributed by atoms with E-state index in [1.807, 2.05) is 0 Å². The second-order valence-electron chi connectivity index (χ2n) is 4.89. The second-order valence-corrected chi connectivity index (χ2v) is 6.45. The van der Waals surface area contributed by atoms with Crippen molar-refractivity contribution in [3.63, 3.8) is 0 Å². The molecule has 0 radical (unpaired) electrons. The molecule has 3 N–H and O–H groups in total. The number of likely N-dealkylation sites (tertiary alicyclic amines) is 1. The van der Waals surface area contributed by atoms with Crippen LogP contribution in [0.2, 0.25) is 0 Å². The third kappa shape index (κ3) is 3.31. The van der Waals surface area contributed by atoms with Gasteiger partial charge in [-0.3, -0.25) is 19.3 Å². The van der Waals surface area contributed by atoms with Crippen LogP contribution in [0.1, 0.15) is 19.8 Å². The summed E-state index contributed by atoms with van der Waals surface area (Å²) >= 11 is 0. The van der Waals surface area contributed by atoms with Gasteiger partial charge in [0.2, 0.25) is 27.7 Å². The molecular weight excluding hydrogens is 310 g/mol. The molecule has 2 rings (SSSR count). The lowest BCUT2D eigenvalue weighted by Gasteiger charge is -2.21. The van der Waals surface area contributed by atoms with E-state index in [0.717, 1.165) is 4.90 Å². The standard InChI is InChI=1S/C13H15N3O5S/c1-8(16-11(17)6-7-12(16)18)13(19)15-9-2-4-10(5-3-9)22(14,20)21/h2-5,8H,6-7H2,1H3,(H,15,19)(H2,14,20,21). The van der Waals surface area contributed by atoms with E-state index >= 15 is 0 Å². The number of hydrogen-bond acceptors (Lipinski definition) is 5. The Kier molecular flexibility index (Phi) is 4.29. The molecule has 8 nitrogen and oxygen atoms in total. The van der Waals surface area contributed by atoms with Crippen LogP contribution in [0.3, 0.4) is 0 Å². The zero-order valence-corrected chi connectivity index (χ0v) is 12.6. The van der Waals surface area contributed by atoms with Gasteiger partial charge in [-0.1, -0.05) is 0 Å². The summed E-state index contributed by atoms with van der Waals surface area (Å²) in [6, 6.07) is 4.32. The molecule has 0 spiro atoms. The minimum Gasteiger partial charge on any atom is -0.324 e. The van der Waals surface area contributed by atoms with E-state index in [9.17, 15) is 22.8 Å². The molecule has 118 valence electrons. The quantitative estimate of drug-likeness (QED) is 0.742. The molecule has 1 heterocycles. The fraction of sp³-hybridized carbons (Fsp3) is 0.308. The van der Waals surface area contributed by atoms with Gasteiger partial charge in [0.05, 0.1) is 4.90 Å². The van der Waals surface area contributed by atoms with E-state index in [4.69, 9.17) is 5.14 Å². The lowest BCUT2D eigenvalue weighted by Crippen LogP contribution is -2.44. The smallest absolute Gasteiger partial charge is 0.247 e. The van der Waals surface area contributed by atoms with Crippen LogP contribution in [0.15, 0.2) is 29.2 Å². The predicted molar refractivity (Wildman–Crippen MR) is 77.0 cm³/mol. The van der Waals surface area contributed by atoms with Crippen molar-refractivity contribution in [2.24, 2.45) is 5.14 Å². The highest BCUT2D eigenvalue weighted by Crippen LogP contribution is 2.17. The number of rotatable bonds is 4. The van der Waals surface area contributed by atoms with Crippen LogP contribution in [-0.2, 0) is 24.4 Å². The van der Waals surface area contributed by atoms with E-state index in [-0.39, 0.29) is 29.6 Å². The largest absolute Gasteiger partial charge is 0.324 e. The molecule has 1 unspecified atom stereocenters. The molecule has 1 atom stereocenters. The van der Waals surface area contributed by atoms with Crippen LogP contribution in [0.5, 0.6) is 0 Å². The number of amides is 3. The molecule has 9 heteroatoms. The first kappa shape index (κ1) is 16.1. The van der Waals surface area contributed by atoms with Crippen LogP contribution in [-0.4, -0.2) is 37.1 Å². The van der Waals surface area contributed by atoms with Crippen molar-refractivity contribution in [1.29, 1.82) is 0 Å².